The van der Waals surface area contributed by atoms with Crippen LogP contribution < -0.4 is 20.9 Å². The number of amides is 2. The van der Waals surface area contributed by atoms with Crippen molar-refractivity contribution in [3.8, 4) is 0 Å². The lowest BCUT2D eigenvalue weighted by molar-refractivity contribution is -0.384. The minimum Gasteiger partial charge on any atom is -0.347 e. The van der Waals surface area contributed by atoms with Crippen molar-refractivity contribution in [1.29, 1.82) is 0 Å². The average Bonchev–Trinajstić information content (AvgIpc) is 2.90. The summed E-state index contributed by atoms with van der Waals surface area (Å²) in [7, 11) is 3.62. The summed E-state index contributed by atoms with van der Waals surface area (Å²) >= 11 is 5.87. The van der Waals surface area contributed by atoms with Crippen molar-refractivity contribution >= 4 is 64.4 Å². The zero-order valence-electron chi connectivity index (χ0n) is 20.4. The number of nitrogens with one attached hydrogen (secondary N) is 3. The van der Waals surface area contributed by atoms with Gasteiger partial charge in [-0.05, 0) is 60.2 Å². The van der Waals surface area contributed by atoms with Gasteiger partial charge in [-0.25, -0.2) is 4.79 Å². The molecule has 0 spiro atoms. The van der Waals surface area contributed by atoms with Gasteiger partial charge in [-0.3, -0.25) is 10.1 Å². The largest absolute Gasteiger partial charge is 0.347 e. The minimum absolute atomic E-state index is 0.000435. The molecular weight excluding hydrogens is 508 g/mol. The van der Waals surface area contributed by atoms with Crippen molar-refractivity contribution in [2.24, 2.45) is 0 Å². The predicted molar refractivity (Wildman–Crippen MR) is 150 cm³/mol. The number of nitrogens with zero attached hydrogens (tertiary/aromatic N) is 5. The molecule has 12 heteroatoms. The lowest BCUT2D eigenvalue weighted by atomic mass is 10.2. The van der Waals surface area contributed by atoms with Gasteiger partial charge in [0, 0.05) is 48.3 Å². The number of carbonyl (C=O) groups excluding carboxylic acids is 1. The van der Waals surface area contributed by atoms with E-state index in [0.717, 1.165) is 0 Å². The molecule has 2 amide bonds. The van der Waals surface area contributed by atoms with Gasteiger partial charge in [0.25, 0.3) is 5.69 Å². The quantitative estimate of drug-likeness (QED) is 0.185. The van der Waals surface area contributed by atoms with Crippen LogP contribution in [0.3, 0.4) is 0 Å². The van der Waals surface area contributed by atoms with Gasteiger partial charge in [-0.2, -0.15) is 15.0 Å². The van der Waals surface area contributed by atoms with E-state index in [0.29, 0.717) is 45.4 Å². The number of rotatable bonds is 8. The molecule has 38 heavy (non-hydrogen) atoms. The highest BCUT2D eigenvalue weighted by molar-refractivity contribution is 6.30. The van der Waals surface area contributed by atoms with Gasteiger partial charge in [-0.15, -0.1) is 0 Å². The third-order valence-electron chi connectivity index (χ3n) is 5.05. The molecule has 0 radical (unpaired) electrons. The minimum atomic E-state index is -0.445. The van der Waals surface area contributed by atoms with Crippen molar-refractivity contribution in [3.63, 3.8) is 0 Å². The molecule has 0 fully saturated rings. The number of non-ortho nitro benzene ring substituents is 1. The second kappa shape index (κ2) is 11.8. The maximum Gasteiger partial charge on any atom is 0.323 e. The molecule has 0 bridgehead atoms. The maximum atomic E-state index is 12.3. The topological polar surface area (TPSA) is 138 Å². The number of nitro groups is 1. The van der Waals surface area contributed by atoms with Crippen molar-refractivity contribution in [2.45, 2.75) is 0 Å². The van der Waals surface area contributed by atoms with E-state index in [1.54, 1.807) is 77.7 Å². The fourth-order valence-electron chi connectivity index (χ4n) is 3.22. The fourth-order valence-corrected chi connectivity index (χ4v) is 3.34. The summed E-state index contributed by atoms with van der Waals surface area (Å²) in [5.74, 6) is 1.11. The Hall–Kier alpha value is -5.03. The molecule has 0 saturated heterocycles. The van der Waals surface area contributed by atoms with Crippen LogP contribution in [0.1, 0.15) is 11.4 Å². The first-order valence-corrected chi connectivity index (χ1v) is 11.7. The number of urea groups is 1. The van der Waals surface area contributed by atoms with Crippen LogP contribution in [0.2, 0.25) is 5.02 Å². The van der Waals surface area contributed by atoms with Crippen molar-refractivity contribution in [2.75, 3.05) is 34.9 Å². The Morgan fingerprint density at radius 3 is 2.16 bits per heavy atom. The molecule has 192 valence electrons. The third-order valence-corrected chi connectivity index (χ3v) is 5.30. The Morgan fingerprint density at radius 2 is 1.53 bits per heavy atom. The normalized spacial score (nSPS) is 10.7. The van der Waals surface area contributed by atoms with E-state index in [1.165, 1.54) is 12.1 Å². The number of halogens is 1. The van der Waals surface area contributed by atoms with Crippen molar-refractivity contribution in [1.82, 2.24) is 15.0 Å². The van der Waals surface area contributed by atoms with Gasteiger partial charge in [0.15, 0.2) is 5.82 Å². The zero-order chi connectivity index (χ0) is 27.1. The molecule has 3 aromatic carbocycles. The van der Waals surface area contributed by atoms with Crippen LogP contribution in [0.5, 0.6) is 0 Å². The second-order valence-corrected chi connectivity index (χ2v) is 8.62. The van der Waals surface area contributed by atoms with Gasteiger partial charge < -0.3 is 20.9 Å². The highest BCUT2D eigenvalue weighted by Gasteiger charge is 2.09. The van der Waals surface area contributed by atoms with Crippen LogP contribution in [0.4, 0.5) is 39.4 Å². The Morgan fingerprint density at radius 1 is 0.895 bits per heavy atom. The summed E-state index contributed by atoms with van der Waals surface area (Å²) < 4.78 is 0. The van der Waals surface area contributed by atoms with E-state index < -0.39 is 4.92 Å². The van der Waals surface area contributed by atoms with Crippen LogP contribution >= 0.6 is 11.6 Å². The Bertz CT molecular complexity index is 1480. The molecule has 3 N–H and O–H groups in total. The summed E-state index contributed by atoms with van der Waals surface area (Å²) in [6, 6.07) is 19.7. The monoisotopic (exact) mass is 530 g/mol. The van der Waals surface area contributed by atoms with Crippen molar-refractivity contribution in [3.05, 3.63) is 99.3 Å². The molecule has 0 saturated carbocycles. The molecule has 4 aromatic rings. The van der Waals surface area contributed by atoms with E-state index in [1.807, 2.05) is 14.1 Å². The summed E-state index contributed by atoms with van der Waals surface area (Å²) in [6.45, 7) is 0. The molecule has 11 nitrogen and oxygen atoms in total. The molecular formula is C26H23ClN8O3. The van der Waals surface area contributed by atoms with Crippen LogP contribution in [0.25, 0.3) is 12.2 Å². The average molecular weight is 531 g/mol. The van der Waals surface area contributed by atoms with Gasteiger partial charge in [0.2, 0.25) is 11.9 Å². The lowest BCUT2D eigenvalue weighted by Gasteiger charge is -2.13. The summed E-state index contributed by atoms with van der Waals surface area (Å²) in [5, 5.41) is 20.2. The number of nitro benzene ring substituents is 1. The molecule has 0 aliphatic rings. The van der Waals surface area contributed by atoms with Gasteiger partial charge in [-0.1, -0.05) is 29.8 Å². The number of aromatic nitrogens is 3. The Kier molecular flexibility index (Phi) is 8.09. The summed E-state index contributed by atoms with van der Waals surface area (Å²) in [5.41, 5.74) is 2.54. The van der Waals surface area contributed by atoms with E-state index in [9.17, 15) is 14.9 Å². The predicted octanol–water partition coefficient (Wildman–Crippen LogP) is 6.06. The first kappa shape index (κ1) is 26.0. The molecule has 1 aromatic heterocycles. The highest BCUT2D eigenvalue weighted by atomic mass is 35.5. The smallest absolute Gasteiger partial charge is 0.323 e. The molecule has 0 unspecified atom stereocenters. The number of hydrogen-bond acceptors (Lipinski definition) is 8. The fraction of sp³-hybridized carbons (Fsp3) is 0.0769. The standard InChI is InChI=1S/C26H23ClN8O3/c1-34(2)25-32-23(15-6-17-4-3-5-22(16-17)35(37)38)31-24(33-25)28-19-11-13-21(14-12-19)30-26(36)29-20-9-7-18(27)8-10-20/h3-16H,1-2H3,(H2,29,30,36)(H,28,31,32,33). The highest BCUT2D eigenvalue weighted by Crippen LogP contribution is 2.20. The maximum absolute atomic E-state index is 12.3. The second-order valence-electron chi connectivity index (χ2n) is 8.19. The zero-order valence-corrected chi connectivity index (χ0v) is 21.2. The van der Waals surface area contributed by atoms with E-state index in [4.69, 9.17) is 11.6 Å². The van der Waals surface area contributed by atoms with Crippen LogP contribution in [0.15, 0.2) is 72.8 Å². The SMILES string of the molecule is CN(C)c1nc(C=Cc2cccc([N+](=O)[O-])c2)nc(Nc2ccc(NC(=O)Nc3ccc(Cl)cc3)cc2)n1. The first-order valence-electron chi connectivity index (χ1n) is 11.3. The lowest BCUT2D eigenvalue weighted by Crippen LogP contribution is -2.19. The number of benzene rings is 3. The number of hydrogen-bond donors (Lipinski definition) is 3. The molecule has 0 aliphatic carbocycles. The Labute approximate surface area is 223 Å². The molecule has 0 atom stereocenters. The molecule has 1 heterocycles. The van der Waals surface area contributed by atoms with Crippen LogP contribution in [-0.2, 0) is 0 Å². The number of carbonyl (C=O) groups is 1. The van der Waals surface area contributed by atoms with Crippen molar-refractivity contribution < 1.29 is 9.72 Å². The third kappa shape index (κ3) is 7.24. The van der Waals surface area contributed by atoms with Crippen LogP contribution in [0, 0.1) is 10.1 Å². The Balaban J connectivity index is 1.45. The van der Waals surface area contributed by atoms with Gasteiger partial charge in [0.1, 0.15) is 0 Å². The molecule has 0 aliphatic heterocycles. The van der Waals surface area contributed by atoms with E-state index in [-0.39, 0.29) is 11.7 Å². The first-order chi connectivity index (χ1) is 18.2. The van der Waals surface area contributed by atoms with Gasteiger partial charge >= 0.3 is 6.03 Å². The summed E-state index contributed by atoms with van der Waals surface area (Å²) in [4.78, 5) is 37.9. The van der Waals surface area contributed by atoms with Crippen LogP contribution in [-0.4, -0.2) is 40.0 Å². The van der Waals surface area contributed by atoms with E-state index in [2.05, 4.69) is 30.9 Å². The van der Waals surface area contributed by atoms with E-state index >= 15 is 0 Å². The molecule has 4 rings (SSSR count). The number of anilines is 5. The summed E-state index contributed by atoms with van der Waals surface area (Å²) in [6.07, 6.45) is 3.35. The van der Waals surface area contributed by atoms with Gasteiger partial charge in [0.05, 0.1) is 4.92 Å².